The van der Waals surface area contributed by atoms with Gasteiger partial charge in [0.15, 0.2) is 0 Å². The average molecular weight is 224 g/mol. The van der Waals surface area contributed by atoms with E-state index in [-0.39, 0.29) is 0 Å². The predicted octanol–water partition coefficient (Wildman–Crippen LogP) is 0.952. The summed E-state index contributed by atoms with van der Waals surface area (Å²) in [5, 5.41) is 11.4. The van der Waals surface area contributed by atoms with Gasteiger partial charge in [0.2, 0.25) is 11.8 Å². The second-order valence-electron chi connectivity index (χ2n) is 4.34. The molecule has 1 unspecified atom stereocenters. The van der Waals surface area contributed by atoms with Crippen LogP contribution in [0, 0.1) is 6.92 Å². The van der Waals surface area contributed by atoms with Gasteiger partial charge in [-0.3, -0.25) is 4.90 Å². The zero-order valence-electron chi connectivity index (χ0n) is 10.1. The van der Waals surface area contributed by atoms with Crippen molar-refractivity contribution in [3.63, 3.8) is 0 Å². The summed E-state index contributed by atoms with van der Waals surface area (Å²) >= 11 is 0. The van der Waals surface area contributed by atoms with Crippen LogP contribution in [-0.2, 0) is 6.54 Å². The standard InChI is InChI=1S/C11H20N4O/c1-3-15(7-10-5-4-6-12-10)8-11-14-13-9(2)16-11/h10,12H,3-8H2,1-2H3. The van der Waals surface area contributed by atoms with E-state index in [0.29, 0.717) is 11.9 Å². The van der Waals surface area contributed by atoms with E-state index < -0.39 is 0 Å². The van der Waals surface area contributed by atoms with Crippen LogP contribution in [0.15, 0.2) is 4.42 Å². The Morgan fingerprint density at radius 3 is 2.94 bits per heavy atom. The molecule has 2 rings (SSSR count). The molecule has 1 aliphatic heterocycles. The Kier molecular flexibility index (Phi) is 3.90. The molecule has 0 spiro atoms. The van der Waals surface area contributed by atoms with Crippen LogP contribution in [-0.4, -0.2) is 40.8 Å². The minimum atomic E-state index is 0.629. The third-order valence-corrected chi connectivity index (χ3v) is 3.01. The van der Waals surface area contributed by atoms with Crippen molar-refractivity contribution in [3.8, 4) is 0 Å². The number of nitrogens with zero attached hydrogens (tertiary/aromatic N) is 3. The summed E-state index contributed by atoms with van der Waals surface area (Å²) in [5.74, 6) is 1.36. The van der Waals surface area contributed by atoms with Crippen molar-refractivity contribution in [3.05, 3.63) is 11.8 Å². The highest BCUT2D eigenvalue weighted by molar-refractivity contribution is 4.82. The molecule has 1 aliphatic rings. The molecule has 16 heavy (non-hydrogen) atoms. The maximum absolute atomic E-state index is 5.40. The van der Waals surface area contributed by atoms with Crippen molar-refractivity contribution >= 4 is 0 Å². The van der Waals surface area contributed by atoms with E-state index in [2.05, 4.69) is 27.3 Å². The lowest BCUT2D eigenvalue weighted by molar-refractivity contribution is 0.228. The molecular formula is C11H20N4O. The van der Waals surface area contributed by atoms with E-state index in [4.69, 9.17) is 4.42 Å². The van der Waals surface area contributed by atoms with Gasteiger partial charge in [-0.1, -0.05) is 6.92 Å². The molecule has 0 aromatic carbocycles. The molecule has 1 aromatic rings. The highest BCUT2D eigenvalue weighted by Gasteiger charge is 2.18. The molecule has 0 saturated carbocycles. The van der Waals surface area contributed by atoms with Gasteiger partial charge in [0.05, 0.1) is 6.54 Å². The Morgan fingerprint density at radius 1 is 1.50 bits per heavy atom. The zero-order valence-corrected chi connectivity index (χ0v) is 10.1. The van der Waals surface area contributed by atoms with Gasteiger partial charge in [-0.05, 0) is 25.9 Å². The Morgan fingerprint density at radius 2 is 2.38 bits per heavy atom. The summed E-state index contributed by atoms with van der Waals surface area (Å²) in [5.41, 5.74) is 0. The van der Waals surface area contributed by atoms with Crippen LogP contribution in [0.1, 0.15) is 31.5 Å². The van der Waals surface area contributed by atoms with Crippen molar-refractivity contribution in [1.29, 1.82) is 0 Å². The van der Waals surface area contributed by atoms with Crippen LogP contribution in [0.2, 0.25) is 0 Å². The van der Waals surface area contributed by atoms with Crippen LogP contribution in [0.25, 0.3) is 0 Å². The molecule has 0 amide bonds. The van der Waals surface area contributed by atoms with Crippen LogP contribution in [0.5, 0.6) is 0 Å². The monoisotopic (exact) mass is 224 g/mol. The first kappa shape index (κ1) is 11.5. The molecule has 1 saturated heterocycles. The molecule has 5 nitrogen and oxygen atoms in total. The van der Waals surface area contributed by atoms with Gasteiger partial charge in [0.25, 0.3) is 0 Å². The van der Waals surface area contributed by atoms with Gasteiger partial charge in [-0.25, -0.2) is 0 Å². The van der Waals surface area contributed by atoms with Gasteiger partial charge in [0, 0.05) is 19.5 Å². The highest BCUT2D eigenvalue weighted by Crippen LogP contribution is 2.09. The lowest BCUT2D eigenvalue weighted by Gasteiger charge is -2.22. The van der Waals surface area contributed by atoms with Crippen molar-refractivity contribution in [2.45, 2.75) is 39.3 Å². The summed E-state index contributed by atoms with van der Waals surface area (Å²) in [6.07, 6.45) is 2.57. The quantitative estimate of drug-likeness (QED) is 0.807. The zero-order chi connectivity index (χ0) is 11.4. The fourth-order valence-electron chi connectivity index (χ4n) is 2.12. The Bertz CT molecular complexity index is 320. The molecule has 1 fully saturated rings. The number of hydrogen-bond acceptors (Lipinski definition) is 5. The number of aromatic nitrogens is 2. The molecule has 1 atom stereocenters. The topological polar surface area (TPSA) is 54.2 Å². The molecule has 90 valence electrons. The van der Waals surface area contributed by atoms with Gasteiger partial charge in [-0.15, -0.1) is 10.2 Å². The Balaban J connectivity index is 1.84. The van der Waals surface area contributed by atoms with E-state index in [1.165, 1.54) is 12.8 Å². The van der Waals surface area contributed by atoms with E-state index in [9.17, 15) is 0 Å². The van der Waals surface area contributed by atoms with Crippen molar-refractivity contribution in [1.82, 2.24) is 20.4 Å². The molecule has 2 heterocycles. The van der Waals surface area contributed by atoms with Gasteiger partial charge in [-0.2, -0.15) is 0 Å². The van der Waals surface area contributed by atoms with Crippen molar-refractivity contribution in [2.75, 3.05) is 19.6 Å². The first-order chi connectivity index (χ1) is 7.78. The molecule has 0 radical (unpaired) electrons. The number of nitrogens with one attached hydrogen (secondary N) is 1. The summed E-state index contributed by atoms with van der Waals surface area (Å²) in [6.45, 7) is 7.98. The normalized spacial score (nSPS) is 20.8. The molecular weight excluding hydrogens is 204 g/mol. The maximum atomic E-state index is 5.40. The average Bonchev–Trinajstić information content (AvgIpc) is 2.89. The predicted molar refractivity (Wildman–Crippen MR) is 61.0 cm³/mol. The molecule has 1 aromatic heterocycles. The molecule has 0 aliphatic carbocycles. The Labute approximate surface area is 96.2 Å². The van der Waals surface area contributed by atoms with Gasteiger partial charge < -0.3 is 9.73 Å². The third kappa shape index (κ3) is 3.02. The third-order valence-electron chi connectivity index (χ3n) is 3.01. The summed E-state index contributed by atoms with van der Waals surface area (Å²) in [7, 11) is 0. The summed E-state index contributed by atoms with van der Waals surface area (Å²) in [6, 6.07) is 0.629. The minimum Gasteiger partial charge on any atom is -0.424 e. The van der Waals surface area contributed by atoms with Crippen LogP contribution in [0.3, 0.4) is 0 Å². The second-order valence-corrected chi connectivity index (χ2v) is 4.34. The largest absolute Gasteiger partial charge is 0.424 e. The van der Waals surface area contributed by atoms with Crippen LogP contribution in [0.4, 0.5) is 0 Å². The van der Waals surface area contributed by atoms with E-state index in [1.807, 2.05) is 6.92 Å². The Hall–Kier alpha value is -0.940. The number of hydrogen-bond donors (Lipinski definition) is 1. The molecule has 5 heteroatoms. The van der Waals surface area contributed by atoms with Crippen molar-refractivity contribution in [2.24, 2.45) is 0 Å². The van der Waals surface area contributed by atoms with E-state index in [0.717, 1.165) is 32.1 Å². The number of likely N-dealkylation sites (N-methyl/N-ethyl adjacent to an activating group) is 1. The van der Waals surface area contributed by atoms with E-state index in [1.54, 1.807) is 0 Å². The van der Waals surface area contributed by atoms with E-state index >= 15 is 0 Å². The van der Waals surface area contributed by atoms with Gasteiger partial charge >= 0.3 is 0 Å². The fraction of sp³-hybridized carbons (Fsp3) is 0.818. The summed E-state index contributed by atoms with van der Waals surface area (Å²) < 4.78 is 5.40. The van der Waals surface area contributed by atoms with Crippen LogP contribution < -0.4 is 5.32 Å². The van der Waals surface area contributed by atoms with Crippen molar-refractivity contribution < 1.29 is 4.42 Å². The SMILES string of the molecule is CCN(Cc1nnc(C)o1)CC1CCCN1. The smallest absolute Gasteiger partial charge is 0.230 e. The molecule has 0 bridgehead atoms. The van der Waals surface area contributed by atoms with Crippen LogP contribution >= 0.6 is 0 Å². The lowest BCUT2D eigenvalue weighted by atomic mass is 10.2. The first-order valence-corrected chi connectivity index (χ1v) is 6.02. The minimum absolute atomic E-state index is 0.629. The lowest BCUT2D eigenvalue weighted by Crippen LogP contribution is -2.37. The fourth-order valence-corrected chi connectivity index (χ4v) is 2.12. The highest BCUT2D eigenvalue weighted by atomic mass is 16.4. The maximum Gasteiger partial charge on any atom is 0.230 e. The number of aryl methyl sites for hydroxylation is 1. The molecule has 1 N–H and O–H groups in total. The number of rotatable bonds is 5. The summed E-state index contributed by atoms with van der Waals surface area (Å²) in [4.78, 5) is 2.34. The first-order valence-electron chi connectivity index (χ1n) is 6.02. The second kappa shape index (κ2) is 5.41. The van der Waals surface area contributed by atoms with Gasteiger partial charge in [0.1, 0.15) is 0 Å².